The van der Waals surface area contributed by atoms with E-state index in [1.54, 1.807) is 19.4 Å². The normalized spacial score (nSPS) is 16.1. The average Bonchev–Trinajstić information content (AvgIpc) is 2.66. The highest BCUT2D eigenvalue weighted by Gasteiger charge is 2.19. The van der Waals surface area contributed by atoms with E-state index < -0.39 is 0 Å². The lowest BCUT2D eigenvalue weighted by atomic mass is 10.1. The van der Waals surface area contributed by atoms with Crippen molar-refractivity contribution in [1.82, 2.24) is 20.5 Å². The molecule has 0 spiro atoms. The van der Waals surface area contributed by atoms with Crippen LogP contribution in [0.5, 0.6) is 5.75 Å². The second kappa shape index (κ2) is 14.0. The number of piperidine rings is 1. The van der Waals surface area contributed by atoms with E-state index in [4.69, 9.17) is 9.47 Å². The number of guanidine groups is 1. The first-order valence-corrected chi connectivity index (χ1v) is 9.51. The van der Waals surface area contributed by atoms with Gasteiger partial charge in [-0.1, -0.05) is 0 Å². The van der Waals surface area contributed by atoms with Crippen LogP contribution < -0.4 is 15.4 Å². The number of halogens is 1. The van der Waals surface area contributed by atoms with Gasteiger partial charge in [-0.2, -0.15) is 0 Å². The lowest BCUT2D eigenvalue weighted by Gasteiger charge is -2.33. The highest BCUT2D eigenvalue weighted by Crippen LogP contribution is 2.10. The quantitative estimate of drug-likeness (QED) is 0.239. The van der Waals surface area contributed by atoms with Gasteiger partial charge < -0.3 is 25.0 Å². The van der Waals surface area contributed by atoms with Gasteiger partial charge in [-0.25, -0.2) is 0 Å². The van der Waals surface area contributed by atoms with Crippen molar-refractivity contribution in [2.75, 3.05) is 46.4 Å². The first kappa shape index (κ1) is 23.9. The van der Waals surface area contributed by atoms with Crippen molar-refractivity contribution in [3.05, 3.63) is 24.5 Å². The van der Waals surface area contributed by atoms with Gasteiger partial charge in [0.1, 0.15) is 12.4 Å². The molecular weight excluding hydrogens is 457 g/mol. The van der Waals surface area contributed by atoms with Crippen LogP contribution in [-0.4, -0.2) is 74.4 Å². The molecular formula is C19H34IN5O2. The Morgan fingerprint density at radius 2 is 2.11 bits per heavy atom. The van der Waals surface area contributed by atoms with Gasteiger partial charge in [0, 0.05) is 38.9 Å². The van der Waals surface area contributed by atoms with Crippen molar-refractivity contribution >= 4 is 29.9 Å². The first-order valence-electron chi connectivity index (χ1n) is 9.51. The Labute approximate surface area is 180 Å². The summed E-state index contributed by atoms with van der Waals surface area (Å²) in [5, 5.41) is 6.82. The fourth-order valence-corrected chi connectivity index (χ4v) is 2.88. The molecule has 0 unspecified atom stereocenters. The SMILES string of the molecule is CN=C(NCCOc1cccnc1)NC1CCN(CCOC(C)C)CC1.I. The summed E-state index contributed by atoms with van der Waals surface area (Å²) in [6, 6.07) is 4.23. The molecule has 1 aliphatic heterocycles. The van der Waals surface area contributed by atoms with Crippen molar-refractivity contribution in [2.24, 2.45) is 4.99 Å². The Bertz CT molecular complexity index is 522. The van der Waals surface area contributed by atoms with Gasteiger partial charge in [0.2, 0.25) is 0 Å². The molecule has 1 fully saturated rings. The number of aliphatic imine (C=N–C) groups is 1. The summed E-state index contributed by atoms with van der Waals surface area (Å²) in [5.41, 5.74) is 0. The standard InChI is InChI=1S/C19H33N5O2.HI/c1-16(2)25-14-12-24-10-6-17(7-11-24)23-19(20-3)22-9-13-26-18-5-4-8-21-15-18;/h4-5,8,15-17H,6-7,9-14H2,1-3H3,(H2,20,22,23);1H. The van der Waals surface area contributed by atoms with E-state index in [0.717, 1.165) is 50.8 Å². The van der Waals surface area contributed by atoms with Crippen LogP contribution in [-0.2, 0) is 4.74 Å². The molecule has 0 aromatic carbocycles. The number of nitrogens with zero attached hydrogens (tertiary/aromatic N) is 3. The minimum atomic E-state index is 0. The van der Waals surface area contributed by atoms with Crippen molar-refractivity contribution in [3.63, 3.8) is 0 Å². The third-order valence-electron chi connectivity index (χ3n) is 4.31. The Morgan fingerprint density at radius 1 is 1.33 bits per heavy atom. The molecule has 0 aliphatic carbocycles. The lowest BCUT2D eigenvalue weighted by molar-refractivity contribution is 0.0532. The maximum Gasteiger partial charge on any atom is 0.191 e. The second-order valence-electron chi connectivity index (χ2n) is 6.72. The van der Waals surface area contributed by atoms with E-state index in [9.17, 15) is 0 Å². The van der Waals surface area contributed by atoms with E-state index in [0.29, 0.717) is 25.3 Å². The van der Waals surface area contributed by atoms with Crippen LogP contribution in [0.2, 0.25) is 0 Å². The molecule has 8 heteroatoms. The van der Waals surface area contributed by atoms with Gasteiger partial charge >= 0.3 is 0 Å². The third-order valence-corrected chi connectivity index (χ3v) is 4.31. The topological polar surface area (TPSA) is 71.0 Å². The number of ether oxygens (including phenoxy) is 2. The molecule has 0 bridgehead atoms. The molecule has 154 valence electrons. The van der Waals surface area contributed by atoms with E-state index in [1.807, 2.05) is 12.1 Å². The Morgan fingerprint density at radius 3 is 2.74 bits per heavy atom. The monoisotopic (exact) mass is 491 g/mol. The highest BCUT2D eigenvalue weighted by atomic mass is 127. The van der Waals surface area contributed by atoms with Crippen LogP contribution in [0.1, 0.15) is 26.7 Å². The number of pyridine rings is 1. The van der Waals surface area contributed by atoms with Crippen LogP contribution in [0.3, 0.4) is 0 Å². The molecule has 27 heavy (non-hydrogen) atoms. The molecule has 1 aliphatic rings. The van der Waals surface area contributed by atoms with E-state index >= 15 is 0 Å². The van der Waals surface area contributed by atoms with Gasteiger partial charge in [0.15, 0.2) is 5.96 Å². The van der Waals surface area contributed by atoms with Gasteiger partial charge in [-0.3, -0.25) is 9.98 Å². The molecule has 0 radical (unpaired) electrons. The zero-order chi connectivity index (χ0) is 18.6. The third kappa shape index (κ3) is 10.1. The minimum absolute atomic E-state index is 0. The van der Waals surface area contributed by atoms with E-state index in [1.165, 1.54) is 0 Å². The molecule has 2 N–H and O–H groups in total. The predicted octanol–water partition coefficient (Wildman–Crippen LogP) is 2.13. The molecule has 1 aromatic heterocycles. The van der Waals surface area contributed by atoms with Crippen molar-refractivity contribution in [1.29, 1.82) is 0 Å². The summed E-state index contributed by atoms with van der Waals surface area (Å²) < 4.78 is 11.3. The molecule has 2 rings (SSSR count). The van der Waals surface area contributed by atoms with Gasteiger partial charge in [-0.05, 0) is 38.8 Å². The Balaban J connectivity index is 0.00000364. The second-order valence-corrected chi connectivity index (χ2v) is 6.72. The number of likely N-dealkylation sites (tertiary alicyclic amines) is 1. The Kier molecular flexibility index (Phi) is 12.4. The fourth-order valence-electron chi connectivity index (χ4n) is 2.88. The number of nitrogens with one attached hydrogen (secondary N) is 2. The molecule has 7 nitrogen and oxygen atoms in total. The fraction of sp³-hybridized carbons (Fsp3) is 0.684. The van der Waals surface area contributed by atoms with Crippen LogP contribution in [0, 0.1) is 0 Å². The van der Waals surface area contributed by atoms with Gasteiger partial charge in [-0.15, -0.1) is 24.0 Å². The summed E-state index contributed by atoms with van der Waals surface area (Å²) in [7, 11) is 1.80. The Hall–Kier alpha value is -1.13. The van der Waals surface area contributed by atoms with Crippen molar-refractivity contribution in [3.8, 4) is 5.75 Å². The zero-order valence-corrected chi connectivity index (χ0v) is 19.0. The molecule has 1 saturated heterocycles. The van der Waals surface area contributed by atoms with E-state index in [2.05, 4.69) is 39.4 Å². The molecule has 1 aromatic rings. The van der Waals surface area contributed by atoms with Gasteiger partial charge in [0.25, 0.3) is 0 Å². The summed E-state index contributed by atoms with van der Waals surface area (Å²) in [6.45, 7) is 9.45. The molecule has 0 atom stereocenters. The average molecular weight is 491 g/mol. The number of hydrogen-bond acceptors (Lipinski definition) is 5. The van der Waals surface area contributed by atoms with Crippen molar-refractivity contribution in [2.45, 2.75) is 38.8 Å². The van der Waals surface area contributed by atoms with Crippen LogP contribution in [0.15, 0.2) is 29.5 Å². The van der Waals surface area contributed by atoms with Crippen molar-refractivity contribution < 1.29 is 9.47 Å². The summed E-state index contributed by atoms with van der Waals surface area (Å²) in [5.74, 6) is 1.62. The van der Waals surface area contributed by atoms with Crippen LogP contribution >= 0.6 is 24.0 Å². The number of rotatable bonds is 9. The van der Waals surface area contributed by atoms with Gasteiger partial charge in [0.05, 0.1) is 25.5 Å². The molecule has 0 saturated carbocycles. The zero-order valence-electron chi connectivity index (χ0n) is 16.7. The predicted molar refractivity (Wildman–Crippen MR) is 120 cm³/mol. The number of aromatic nitrogens is 1. The maximum atomic E-state index is 5.64. The number of hydrogen-bond donors (Lipinski definition) is 2. The maximum absolute atomic E-state index is 5.64. The van der Waals surface area contributed by atoms with E-state index in [-0.39, 0.29) is 24.0 Å². The molecule has 0 amide bonds. The van der Waals surface area contributed by atoms with Crippen LogP contribution in [0.25, 0.3) is 0 Å². The first-order chi connectivity index (χ1) is 12.7. The summed E-state index contributed by atoms with van der Waals surface area (Å²) >= 11 is 0. The van der Waals surface area contributed by atoms with Crippen LogP contribution in [0.4, 0.5) is 0 Å². The molecule has 2 heterocycles. The lowest BCUT2D eigenvalue weighted by Crippen LogP contribution is -2.49. The highest BCUT2D eigenvalue weighted by molar-refractivity contribution is 14.0. The summed E-state index contributed by atoms with van der Waals surface area (Å²) in [4.78, 5) is 10.8. The summed E-state index contributed by atoms with van der Waals surface area (Å²) in [6.07, 6.45) is 6.00. The smallest absolute Gasteiger partial charge is 0.191 e. The minimum Gasteiger partial charge on any atom is -0.490 e. The largest absolute Gasteiger partial charge is 0.490 e.